The third kappa shape index (κ3) is 3.75. The molecule has 3 aromatic rings. The van der Waals surface area contributed by atoms with Crippen molar-refractivity contribution in [1.29, 1.82) is 0 Å². The van der Waals surface area contributed by atoms with Gasteiger partial charge in [0.25, 0.3) is 5.91 Å². The predicted molar refractivity (Wildman–Crippen MR) is 106 cm³/mol. The van der Waals surface area contributed by atoms with Gasteiger partial charge < -0.3 is 24.6 Å². The Bertz CT molecular complexity index is 1070. The first kappa shape index (κ1) is 20.3. The number of aliphatic hydroxyl groups is 1. The minimum atomic E-state index is -0.644. The molecule has 0 spiro atoms. The second-order valence-electron chi connectivity index (χ2n) is 7.59. The molecule has 2 atom stereocenters. The number of carbonyl (C=O) groups is 1. The van der Waals surface area contributed by atoms with Crippen molar-refractivity contribution in [3.05, 3.63) is 41.1 Å². The van der Waals surface area contributed by atoms with Crippen molar-refractivity contribution in [2.75, 3.05) is 18.0 Å². The van der Waals surface area contributed by atoms with E-state index in [2.05, 4.69) is 15.6 Å². The average Bonchev–Trinajstić information content (AvgIpc) is 3.31. The van der Waals surface area contributed by atoms with Crippen LogP contribution in [0.25, 0.3) is 11.0 Å². The van der Waals surface area contributed by atoms with E-state index in [1.807, 2.05) is 18.7 Å². The first-order valence-electron chi connectivity index (χ1n) is 9.76. The molecule has 4 rings (SSSR count). The van der Waals surface area contributed by atoms with E-state index in [1.54, 1.807) is 30.1 Å². The maximum Gasteiger partial charge on any atom is 0.274 e. The zero-order valence-corrected chi connectivity index (χ0v) is 17.1. The molecule has 160 valence electrons. The SMILES string of the molecule is C[C@@H]1CN(c2c(CO)cc3c(C(=O)NCc4ccn(C)n4)noc3c2F)C[C@H](C)O1. The van der Waals surface area contributed by atoms with E-state index >= 15 is 4.39 Å². The lowest BCUT2D eigenvalue weighted by atomic mass is 10.1. The number of hydrogen-bond acceptors (Lipinski definition) is 7. The minimum Gasteiger partial charge on any atom is -0.392 e. The van der Waals surface area contributed by atoms with Crippen LogP contribution in [-0.4, -0.2) is 51.2 Å². The highest BCUT2D eigenvalue weighted by atomic mass is 19.1. The number of amides is 1. The van der Waals surface area contributed by atoms with Crippen LogP contribution in [0.2, 0.25) is 0 Å². The Morgan fingerprint density at radius 3 is 2.73 bits per heavy atom. The summed E-state index contributed by atoms with van der Waals surface area (Å²) in [7, 11) is 1.78. The summed E-state index contributed by atoms with van der Waals surface area (Å²) in [5, 5.41) is 20.8. The van der Waals surface area contributed by atoms with E-state index < -0.39 is 11.7 Å². The molecule has 0 radical (unpaired) electrons. The lowest BCUT2D eigenvalue weighted by Gasteiger charge is -2.37. The molecular weight excluding hydrogens is 393 g/mol. The van der Waals surface area contributed by atoms with Crippen molar-refractivity contribution in [3.63, 3.8) is 0 Å². The lowest BCUT2D eigenvalue weighted by molar-refractivity contribution is -0.00550. The topological polar surface area (TPSA) is 106 Å². The number of fused-ring (bicyclic) bond motifs is 1. The molecule has 1 aromatic carbocycles. The number of halogens is 1. The van der Waals surface area contributed by atoms with Crippen molar-refractivity contribution in [3.8, 4) is 0 Å². The van der Waals surface area contributed by atoms with Crippen LogP contribution in [0.5, 0.6) is 0 Å². The summed E-state index contributed by atoms with van der Waals surface area (Å²) in [4.78, 5) is 14.4. The number of carbonyl (C=O) groups excluding carboxylic acids is 1. The number of aromatic nitrogens is 3. The van der Waals surface area contributed by atoms with Crippen molar-refractivity contribution >= 4 is 22.6 Å². The molecule has 0 saturated carbocycles. The highest BCUT2D eigenvalue weighted by molar-refractivity contribution is 6.05. The first-order valence-corrected chi connectivity index (χ1v) is 9.76. The van der Waals surface area contributed by atoms with Gasteiger partial charge in [-0.1, -0.05) is 5.16 Å². The Balaban J connectivity index is 1.66. The van der Waals surface area contributed by atoms with Gasteiger partial charge >= 0.3 is 0 Å². The summed E-state index contributed by atoms with van der Waals surface area (Å²) < 4.78 is 28.0. The summed E-state index contributed by atoms with van der Waals surface area (Å²) in [5.41, 5.74) is 1.15. The van der Waals surface area contributed by atoms with Crippen LogP contribution in [0.3, 0.4) is 0 Å². The van der Waals surface area contributed by atoms with E-state index in [0.717, 1.165) is 0 Å². The Morgan fingerprint density at radius 1 is 1.37 bits per heavy atom. The van der Waals surface area contributed by atoms with Gasteiger partial charge in [-0.2, -0.15) is 5.10 Å². The van der Waals surface area contributed by atoms with Gasteiger partial charge in [0, 0.05) is 31.9 Å². The fourth-order valence-electron chi connectivity index (χ4n) is 3.88. The smallest absolute Gasteiger partial charge is 0.274 e. The van der Waals surface area contributed by atoms with E-state index in [4.69, 9.17) is 9.26 Å². The molecule has 2 aromatic heterocycles. The van der Waals surface area contributed by atoms with Crippen LogP contribution in [0, 0.1) is 5.82 Å². The van der Waals surface area contributed by atoms with Crippen LogP contribution in [-0.2, 0) is 24.9 Å². The molecule has 1 aliphatic heterocycles. The van der Waals surface area contributed by atoms with Gasteiger partial charge in [-0.25, -0.2) is 4.39 Å². The minimum absolute atomic E-state index is 0.0372. The fourth-order valence-corrected chi connectivity index (χ4v) is 3.88. The molecule has 1 fully saturated rings. The molecule has 2 N–H and O–H groups in total. The Morgan fingerprint density at radius 2 is 2.10 bits per heavy atom. The van der Waals surface area contributed by atoms with E-state index in [9.17, 15) is 9.90 Å². The van der Waals surface area contributed by atoms with Crippen molar-refractivity contribution in [2.24, 2.45) is 7.05 Å². The third-order valence-electron chi connectivity index (χ3n) is 5.08. The lowest BCUT2D eigenvalue weighted by Crippen LogP contribution is -2.46. The monoisotopic (exact) mass is 417 g/mol. The largest absolute Gasteiger partial charge is 0.392 e. The second-order valence-corrected chi connectivity index (χ2v) is 7.59. The summed E-state index contributed by atoms with van der Waals surface area (Å²) in [6.45, 7) is 4.59. The molecule has 3 heterocycles. The van der Waals surface area contributed by atoms with Crippen molar-refractivity contribution in [2.45, 2.75) is 39.2 Å². The number of anilines is 1. The molecular formula is C20H24FN5O4. The van der Waals surface area contributed by atoms with Crippen LogP contribution in [0.1, 0.15) is 35.6 Å². The van der Waals surface area contributed by atoms with E-state index in [1.165, 1.54) is 0 Å². The molecule has 0 unspecified atom stereocenters. The van der Waals surface area contributed by atoms with E-state index in [-0.39, 0.29) is 47.7 Å². The van der Waals surface area contributed by atoms with E-state index in [0.29, 0.717) is 24.3 Å². The highest BCUT2D eigenvalue weighted by Crippen LogP contribution is 2.35. The number of rotatable bonds is 5. The van der Waals surface area contributed by atoms with Gasteiger partial charge in [-0.15, -0.1) is 0 Å². The van der Waals surface area contributed by atoms with Gasteiger partial charge in [-0.3, -0.25) is 9.48 Å². The molecule has 0 bridgehead atoms. The molecule has 9 nitrogen and oxygen atoms in total. The van der Waals surface area contributed by atoms with Gasteiger partial charge in [0.1, 0.15) is 0 Å². The normalized spacial score (nSPS) is 19.4. The van der Waals surface area contributed by atoms with Crippen LogP contribution in [0.15, 0.2) is 22.9 Å². The standard InChI is InChI=1S/C20H24FN5O4/c1-11-8-26(9-12(2)29-11)18-13(10-27)6-15-17(24-30-19(15)16(18)21)20(28)22-7-14-4-5-25(3)23-14/h4-6,11-12,27H,7-10H2,1-3H3,(H,22,28)/t11-,12+. The number of aliphatic hydroxyl groups excluding tert-OH is 1. The summed E-state index contributed by atoms with van der Waals surface area (Å²) >= 11 is 0. The molecule has 1 saturated heterocycles. The molecule has 1 aliphatic rings. The van der Waals surface area contributed by atoms with Crippen LogP contribution in [0.4, 0.5) is 10.1 Å². The summed E-state index contributed by atoms with van der Waals surface area (Å²) in [5.74, 6) is -1.15. The fraction of sp³-hybridized carbons (Fsp3) is 0.450. The maximum absolute atomic E-state index is 15.4. The number of benzene rings is 1. The number of ether oxygens (including phenoxy) is 1. The second kappa shape index (κ2) is 8.04. The number of morpholine rings is 1. The van der Waals surface area contributed by atoms with Crippen molar-refractivity contribution < 1.29 is 23.6 Å². The van der Waals surface area contributed by atoms with Crippen LogP contribution < -0.4 is 10.2 Å². The molecule has 1 amide bonds. The molecule has 10 heteroatoms. The zero-order chi connectivity index (χ0) is 21.4. The van der Waals surface area contributed by atoms with Crippen LogP contribution >= 0.6 is 0 Å². The van der Waals surface area contributed by atoms with Gasteiger partial charge in [0.15, 0.2) is 11.5 Å². The summed E-state index contributed by atoms with van der Waals surface area (Å²) in [6, 6.07) is 3.34. The van der Waals surface area contributed by atoms with Gasteiger partial charge in [0.05, 0.1) is 42.1 Å². The van der Waals surface area contributed by atoms with Crippen molar-refractivity contribution in [1.82, 2.24) is 20.3 Å². The zero-order valence-electron chi connectivity index (χ0n) is 17.1. The Hall–Kier alpha value is -2.98. The number of aryl methyl sites for hydroxylation is 1. The maximum atomic E-state index is 15.4. The highest BCUT2D eigenvalue weighted by Gasteiger charge is 2.30. The predicted octanol–water partition coefficient (Wildman–Crippen LogP) is 1.74. The van der Waals surface area contributed by atoms with Gasteiger partial charge in [0.2, 0.25) is 5.58 Å². The Labute approximate surface area is 172 Å². The quantitative estimate of drug-likeness (QED) is 0.651. The first-order chi connectivity index (χ1) is 14.4. The molecule has 30 heavy (non-hydrogen) atoms. The molecule has 0 aliphatic carbocycles. The number of nitrogens with zero attached hydrogens (tertiary/aromatic N) is 4. The third-order valence-corrected chi connectivity index (χ3v) is 5.08. The Kier molecular flexibility index (Phi) is 5.44. The number of hydrogen-bond donors (Lipinski definition) is 2. The van der Waals surface area contributed by atoms with Gasteiger partial charge in [-0.05, 0) is 26.0 Å². The summed E-state index contributed by atoms with van der Waals surface area (Å²) in [6.07, 6.45) is 1.60. The number of nitrogens with one attached hydrogen (secondary N) is 1. The average molecular weight is 417 g/mol.